The average Bonchev–Trinajstić information content (AvgIpc) is 2.76. The molecule has 0 aromatic heterocycles. The van der Waals surface area contributed by atoms with Gasteiger partial charge in [0.2, 0.25) is 10.0 Å². The second-order valence-corrected chi connectivity index (χ2v) is 8.20. The molecule has 2 fully saturated rings. The highest BCUT2D eigenvalue weighted by atomic mass is 32.2. The zero-order valence-corrected chi connectivity index (χ0v) is 13.5. The van der Waals surface area contributed by atoms with Gasteiger partial charge in [-0.25, -0.2) is 8.42 Å². The number of nitrogens with zero attached hydrogens (tertiary/aromatic N) is 1. The van der Waals surface area contributed by atoms with Crippen molar-refractivity contribution in [2.45, 2.75) is 49.3 Å². The summed E-state index contributed by atoms with van der Waals surface area (Å²) >= 11 is 0. The number of halogens is 3. The first-order valence-electron chi connectivity index (χ1n) is 7.62. The van der Waals surface area contributed by atoms with Crippen molar-refractivity contribution in [2.75, 3.05) is 13.1 Å². The number of nitrogens with one attached hydrogen (secondary N) is 1. The summed E-state index contributed by atoms with van der Waals surface area (Å²) in [7, 11) is -3.91. The molecular formula is C15H19F3N2O2S. The van der Waals surface area contributed by atoms with Gasteiger partial charge in [-0.2, -0.15) is 17.5 Å². The minimum absolute atomic E-state index is 0.0213. The Kier molecular flexibility index (Phi) is 4.18. The van der Waals surface area contributed by atoms with Gasteiger partial charge in [0.05, 0.1) is 10.5 Å². The standard InChI is InChI=1S/C15H19F3N2O2S/c1-10-2-5-13(8-14(10)15(16,17)18)23(21,22)20-7-6-11-3-4-12(9-20)19-11/h2,5,8,11-12,19H,3-4,6-7,9H2,1H3. The topological polar surface area (TPSA) is 49.4 Å². The van der Waals surface area contributed by atoms with Crippen molar-refractivity contribution in [3.8, 4) is 0 Å². The average molecular weight is 348 g/mol. The number of fused-ring (bicyclic) bond motifs is 2. The smallest absolute Gasteiger partial charge is 0.310 e. The van der Waals surface area contributed by atoms with Gasteiger partial charge < -0.3 is 5.32 Å². The number of benzene rings is 1. The molecular weight excluding hydrogens is 329 g/mol. The van der Waals surface area contributed by atoms with Gasteiger partial charge in [-0.3, -0.25) is 0 Å². The first-order chi connectivity index (χ1) is 10.7. The summed E-state index contributed by atoms with van der Waals surface area (Å²) in [5, 5.41) is 3.36. The molecule has 23 heavy (non-hydrogen) atoms. The van der Waals surface area contributed by atoms with Crippen molar-refractivity contribution in [1.82, 2.24) is 9.62 Å². The Morgan fingerprint density at radius 1 is 1.17 bits per heavy atom. The van der Waals surface area contributed by atoms with E-state index in [1.54, 1.807) is 0 Å². The van der Waals surface area contributed by atoms with Crippen molar-refractivity contribution in [1.29, 1.82) is 0 Å². The van der Waals surface area contributed by atoms with E-state index in [2.05, 4.69) is 5.32 Å². The van der Waals surface area contributed by atoms with E-state index in [0.717, 1.165) is 18.9 Å². The van der Waals surface area contributed by atoms with E-state index < -0.39 is 21.8 Å². The Morgan fingerprint density at radius 2 is 1.87 bits per heavy atom. The van der Waals surface area contributed by atoms with Crippen molar-refractivity contribution in [2.24, 2.45) is 0 Å². The summed E-state index contributed by atoms with van der Waals surface area (Å²) in [5.74, 6) is 0. The second kappa shape index (κ2) is 5.75. The zero-order valence-electron chi connectivity index (χ0n) is 12.7. The van der Waals surface area contributed by atoms with Gasteiger partial charge in [0.25, 0.3) is 0 Å². The Hall–Kier alpha value is -1.12. The molecule has 1 aromatic rings. The van der Waals surface area contributed by atoms with Gasteiger partial charge in [-0.1, -0.05) is 6.07 Å². The lowest BCUT2D eigenvalue weighted by Gasteiger charge is -2.24. The summed E-state index contributed by atoms with van der Waals surface area (Å²) in [5.41, 5.74) is -0.874. The minimum atomic E-state index is -4.56. The van der Waals surface area contributed by atoms with Gasteiger partial charge in [-0.05, 0) is 43.9 Å². The van der Waals surface area contributed by atoms with Crippen LogP contribution in [-0.4, -0.2) is 37.9 Å². The van der Waals surface area contributed by atoms with E-state index in [1.807, 2.05) is 0 Å². The largest absolute Gasteiger partial charge is 0.416 e. The molecule has 3 rings (SSSR count). The lowest BCUT2D eigenvalue weighted by Crippen LogP contribution is -2.39. The molecule has 2 unspecified atom stereocenters. The summed E-state index contributed by atoms with van der Waals surface area (Å²) < 4.78 is 65.9. The van der Waals surface area contributed by atoms with Crippen LogP contribution in [0.3, 0.4) is 0 Å². The first-order valence-corrected chi connectivity index (χ1v) is 9.06. The van der Waals surface area contributed by atoms with Crippen LogP contribution in [0.2, 0.25) is 0 Å². The van der Waals surface area contributed by atoms with E-state index in [-0.39, 0.29) is 16.5 Å². The molecule has 0 aliphatic carbocycles. The minimum Gasteiger partial charge on any atom is -0.310 e. The van der Waals surface area contributed by atoms with Crippen molar-refractivity contribution in [3.05, 3.63) is 29.3 Å². The first kappa shape index (κ1) is 16.7. The number of alkyl halides is 3. The highest BCUT2D eigenvalue weighted by molar-refractivity contribution is 7.89. The molecule has 0 amide bonds. The Morgan fingerprint density at radius 3 is 2.57 bits per heavy atom. The van der Waals surface area contributed by atoms with Crippen LogP contribution in [0.4, 0.5) is 13.2 Å². The third-order valence-corrected chi connectivity index (χ3v) is 6.50. The second-order valence-electron chi connectivity index (χ2n) is 6.26. The molecule has 2 atom stereocenters. The maximum atomic E-state index is 13.0. The predicted molar refractivity (Wildman–Crippen MR) is 79.5 cm³/mol. The fourth-order valence-electron chi connectivity index (χ4n) is 3.35. The molecule has 8 heteroatoms. The molecule has 2 aliphatic heterocycles. The molecule has 2 saturated heterocycles. The molecule has 0 spiro atoms. The molecule has 2 bridgehead atoms. The maximum absolute atomic E-state index is 13.0. The lowest BCUT2D eigenvalue weighted by atomic mass is 10.1. The van der Waals surface area contributed by atoms with Crippen LogP contribution in [0.15, 0.2) is 23.1 Å². The zero-order chi connectivity index (χ0) is 16.8. The van der Waals surface area contributed by atoms with Crippen molar-refractivity contribution < 1.29 is 21.6 Å². The van der Waals surface area contributed by atoms with Crippen LogP contribution in [0, 0.1) is 6.92 Å². The van der Waals surface area contributed by atoms with Crippen LogP contribution < -0.4 is 5.32 Å². The summed E-state index contributed by atoms with van der Waals surface area (Å²) in [4.78, 5) is -0.284. The molecule has 2 aliphatic rings. The maximum Gasteiger partial charge on any atom is 0.416 e. The molecule has 0 radical (unpaired) electrons. The fourth-order valence-corrected chi connectivity index (χ4v) is 4.87. The number of hydrogen-bond donors (Lipinski definition) is 1. The monoisotopic (exact) mass is 348 g/mol. The summed E-state index contributed by atoms with van der Waals surface area (Å²) in [6, 6.07) is 3.63. The highest BCUT2D eigenvalue weighted by Crippen LogP contribution is 2.34. The van der Waals surface area contributed by atoms with Crippen LogP contribution in [-0.2, 0) is 16.2 Å². The van der Waals surface area contributed by atoms with Crippen LogP contribution in [0.1, 0.15) is 30.4 Å². The third-order valence-electron chi connectivity index (χ3n) is 4.64. The van der Waals surface area contributed by atoms with Gasteiger partial charge in [0.1, 0.15) is 0 Å². The van der Waals surface area contributed by atoms with Crippen LogP contribution >= 0.6 is 0 Å². The highest BCUT2D eigenvalue weighted by Gasteiger charge is 2.37. The lowest BCUT2D eigenvalue weighted by molar-refractivity contribution is -0.138. The molecule has 2 heterocycles. The molecule has 1 N–H and O–H groups in total. The normalized spacial score (nSPS) is 26.3. The number of hydrogen-bond acceptors (Lipinski definition) is 3. The van der Waals surface area contributed by atoms with Crippen molar-refractivity contribution in [3.63, 3.8) is 0 Å². The van der Waals surface area contributed by atoms with E-state index in [0.29, 0.717) is 25.6 Å². The van der Waals surface area contributed by atoms with E-state index >= 15 is 0 Å². The molecule has 0 saturated carbocycles. The molecule has 4 nitrogen and oxygen atoms in total. The van der Waals surface area contributed by atoms with E-state index in [9.17, 15) is 21.6 Å². The molecule has 1 aromatic carbocycles. The fraction of sp³-hybridized carbons (Fsp3) is 0.600. The van der Waals surface area contributed by atoms with Crippen LogP contribution in [0.25, 0.3) is 0 Å². The van der Waals surface area contributed by atoms with Gasteiger partial charge >= 0.3 is 6.18 Å². The quantitative estimate of drug-likeness (QED) is 0.894. The number of aryl methyl sites for hydroxylation is 1. The Labute approximate surface area is 133 Å². The Balaban J connectivity index is 1.93. The van der Waals surface area contributed by atoms with Gasteiger partial charge in [0, 0.05) is 25.2 Å². The van der Waals surface area contributed by atoms with Crippen molar-refractivity contribution >= 4 is 10.0 Å². The summed E-state index contributed by atoms with van der Waals surface area (Å²) in [6.07, 6.45) is -1.94. The summed E-state index contributed by atoms with van der Waals surface area (Å²) in [6.45, 7) is 1.98. The van der Waals surface area contributed by atoms with Gasteiger partial charge in [0.15, 0.2) is 0 Å². The van der Waals surface area contributed by atoms with E-state index in [1.165, 1.54) is 23.4 Å². The number of sulfonamides is 1. The van der Waals surface area contributed by atoms with Gasteiger partial charge in [-0.15, -0.1) is 0 Å². The van der Waals surface area contributed by atoms with Crippen LogP contribution in [0.5, 0.6) is 0 Å². The van der Waals surface area contributed by atoms with E-state index in [4.69, 9.17) is 0 Å². The SMILES string of the molecule is Cc1ccc(S(=O)(=O)N2CCC3CCC(C2)N3)cc1C(F)(F)F. The Bertz CT molecular complexity index is 703. The number of rotatable bonds is 2. The molecule has 128 valence electrons. The third kappa shape index (κ3) is 3.25. The predicted octanol–water partition coefficient (Wildman–Crippen LogP) is 2.53.